The number of nitrogens with one attached hydrogen (secondary N) is 2. The molecule has 2 aromatic rings. The maximum Gasteiger partial charge on any atom is 0.259 e. The van der Waals surface area contributed by atoms with Crippen LogP contribution in [0.2, 0.25) is 0 Å². The lowest BCUT2D eigenvalue weighted by molar-refractivity contribution is -0.119. The van der Waals surface area contributed by atoms with Crippen LogP contribution in [0.25, 0.3) is 0 Å². The molecule has 0 aromatic heterocycles. The summed E-state index contributed by atoms with van der Waals surface area (Å²) in [6.45, 7) is 3.74. The number of nitrogens with zero attached hydrogens (tertiary/aromatic N) is 1. The first kappa shape index (κ1) is 17.3. The second-order valence-corrected chi connectivity index (χ2v) is 5.33. The summed E-state index contributed by atoms with van der Waals surface area (Å²) >= 11 is 0. The molecule has 0 aliphatic rings. The van der Waals surface area contributed by atoms with Crippen molar-refractivity contribution in [1.29, 1.82) is 0 Å². The van der Waals surface area contributed by atoms with Crippen molar-refractivity contribution >= 4 is 17.3 Å². The molecule has 0 unspecified atom stereocenters. The van der Waals surface area contributed by atoms with Gasteiger partial charge in [0.25, 0.3) is 5.91 Å². The topological polar surface area (TPSA) is 83.0 Å². The van der Waals surface area contributed by atoms with Gasteiger partial charge in [0, 0.05) is 11.3 Å². The van der Waals surface area contributed by atoms with E-state index in [1.807, 2.05) is 43.3 Å². The fourth-order valence-corrected chi connectivity index (χ4v) is 2.08. The van der Waals surface area contributed by atoms with Crippen LogP contribution in [0, 0.1) is 6.92 Å². The van der Waals surface area contributed by atoms with Crippen LogP contribution in [-0.4, -0.2) is 30.4 Å². The van der Waals surface area contributed by atoms with Crippen LogP contribution in [0.3, 0.4) is 0 Å². The van der Waals surface area contributed by atoms with Crippen molar-refractivity contribution in [2.45, 2.75) is 13.8 Å². The average molecular weight is 327 g/mol. The molecule has 0 saturated heterocycles. The number of hydrogen-bond donors (Lipinski definition) is 3. The van der Waals surface area contributed by atoms with Gasteiger partial charge in [-0.2, -0.15) is 5.10 Å². The first-order chi connectivity index (χ1) is 11.5. The van der Waals surface area contributed by atoms with Gasteiger partial charge in [-0.1, -0.05) is 11.6 Å². The zero-order valence-corrected chi connectivity index (χ0v) is 14.0. The van der Waals surface area contributed by atoms with E-state index in [2.05, 4.69) is 15.8 Å². The molecule has 126 valence electrons. The minimum absolute atomic E-state index is 0.0862. The van der Waals surface area contributed by atoms with Gasteiger partial charge < -0.3 is 15.2 Å². The lowest BCUT2D eigenvalue weighted by atomic mass is 10.1. The highest BCUT2D eigenvalue weighted by molar-refractivity contribution is 6.01. The van der Waals surface area contributed by atoms with E-state index in [4.69, 9.17) is 4.74 Å². The molecule has 6 heteroatoms. The molecule has 0 atom stereocenters. The second-order valence-electron chi connectivity index (χ2n) is 5.33. The van der Waals surface area contributed by atoms with Crippen LogP contribution >= 0.6 is 0 Å². The van der Waals surface area contributed by atoms with Gasteiger partial charge in [0.15, 0.2) is 0 Å². The van der Waals surface area contributed by atoms with E-state index in [-0.39, 0.29) is 18.2 Å². The monoisotopic (exact) mass is 327 g/mol. The van der Waals surface area contributed by atoms with Crippen molar-refractivity contribution in [3.05, 3.63) is 53.6 Å². The molecule has 0 spiro atoms. The van der Waals surface area contributed by atoms with E-state index < -0.39 is 0 Å². The first-order valence-electron chi connectivity index (χ1n) is 7.50. The fraction of sp³-hybridized carbons (Fsp3) is 0.222. The molecule has 0 radical (unpaired) electrons. The standard InChI is InChI=1S/C18H21N3O3/c1-12-4-9-17(22)16(10-12)13(2)20-21-18(23)11-19-14-5-7-15(24-3)8-6-14/h4-10,19,22H,11H2,1-3H3,(H,21,23)/b20-13+. The SMILES string of the molecule is COc1ccc(NCC(=O)N/N=C(\C)c2cc(C)ccc2O)cc1. The number of anilines is 1. The molecule has 0 aliphatic carbocycles. The highest BCUT2D eigenvalue weighted by Gasteiger charge is 2.06. The van der Waals surface area contributed by atoms with E-state index in [0.717, 1.165) is 17.0 Å². The number of aromatic hydroxyl groups is 1. The lowest BCUT2D eigenvalue weighted by Gasteiger charge is -2.08. The molecule has 0 saturated carbocycles. The van der Waals surface area contributed by atoms with Gasteiger partial charge in [-0.05, 0) is 50.2 Å². The van der Waals surface area contributed by atoms with E-state index in [1.54, 1.807) is 20.1 Å². The molecule has 24 heavy (non-hydrogen) atoms. The van der Waals surface area contributed by atoms with Crippen molar-refractivity contribution in [2.75, 3.05) is 19.0 Å². The molecular formula is C18H21N3O3. The minimum Gasteiger partial charge on any atom is -0.507 e. The number of amides is 1. The summed E-state index contributed by atoms with van der Waals surface area (Å²) < 4.78 is 5.07. The van der Waals surface area contributed by atoms with E-state index >= 15 is 0 Å². The van der Waals surface area contributed by atoms with Crippen LogP contribution in [0.4, 0.5) is 5.69 Å². The average Bonchev–Trinajstić information content (AvgIpc) is 2.60. The number of rotatable bonds is 6. The summed E-state index contributed by atoms with van der Waals surface area (Å²) in [7, 11) is 1.60. The Morgan fingerprint density at radius 3 is 2.58 bits per heavy atom. The highest BCUT2D eigenvalue weighted by Crippen LogP contribution is 2.18. The van der Waals surface area contributed by atoms with Crippen LogP contribution in [0.1, 0.15) is 18.1 Å². The lowest BCUT2D eigenvalue weighted by Crippen LogP contribution is -2.26. The fourth-order valence-electron chi connectivity index (χ4n) is 2.08. The van der Waals surface area contributed by atoms with Crippen molar-refractivity contribution in [3.63, 3.8) is 0 Å². The Morgan fingerprint density at radius 1 is 1.21 bits per heavy atom. The number of phenolic OH excluding ortho intramolecular Hbond substituents is 1. The van der Waals surface area contributed by atoms with Crippen molar-refractivity contribution in [3.8, 4) is 11.5 Å². The zero-order chi connectivity index (χ0) is 17.5. The number of methoxy groups -OCH3 is 1. The number of hydrogen-bond acceptors (Lipinski definition) is 5. The normalized spacial score (nSPS) is 11.0. The quantitative estimate of drug-likeness (QED) is 0.563. The Bertz CT molecular complexity index is 740. The van der Waals surface area contributed by atoms with Crippen molar-refractivity contribution in [1.82, 2.24) is 5.43 Å². The van der Waals surface area contributed by atoms with Crippen LogP contribution in [0.5, 0.6) is 11.5 Å². The summed E-state index contributed by atoms with van der Waals surface area (Å²) in [6, 6.07) is 12.5. The summed E-state index contributed by atoms with van der Waals surface area (Å²) in [5.74, 6) is 0.605. The molecule has 2 aromatic carbocycles. The van der Waals surface area contributed by atoms with Gasteiger partial charge in [0.1, 0.15) is 11.5 Å². The number of benzene rings is 2. The van der Waals surface area contributed by atoms with E-state index in [9.17, 15) is 9.90 Å². The van der Waals surface area contributed by atoms with Gasteiger partial charge in [-0.3, -0.25) is 4.79 Å². The Balaban J connectivity index is 1.90. The summed E-state index contributed by atoms with van der Waals surface area (Å²) in [5.41, 5.74) is 5.42. The van der Waals surface area contributed by atoms with Gasteiger partial charge in [-0.25, -0.2) is 5.43 Å². The molecule has 0 aliphatic heterocycles. The molecular weight excluding hydrogens is 306 g/mol. The van der Waals surface area contributed by atoms with Gasteiger partial charge in [-0.15, -0.1) is 0 Å². The number of carbonyl (C=O) groups is 1. The van der Waals surface area contributed by atoms with Crippen molar-refractivity contribution in [2.24, 2.45) is 5.10 Å². The third-order valence-electron chi connectivity index (χ3n) is 3.43. The Labute approximate surface area is 141 Å². The number of aryl methyl sites for hydroxylation is 1. The molecule has 2 rings (SSSR count). The molecule has 0 bridgehead atoms. The summed E-state index contributed by atoms with van der Waals surface area (Å²) in [5, 5.41) is 16.9. The number of ether oxygens (including phenoxy) is 1. The van der Waals surface area contributed by atoms with Gasteiger partial charge >= 0.3 is 0 Å². The zero-order valence-electron chi connectivity index (χ0n) is 14.0. The highest BCUT2D eigenvalue weighted by atomic mass is 16.5. The Hall–Kier alpha value is -3.02. The largest absolute Gasteiger partial charge is 0.507 e. The predicted molar refractivity (Wildman–Crippen MR) is 94.7 cm³/mol. The number of carbonyl (C=O) groups excluding carboxylic acids is 1. The van der Waals surface area contributed by atoms with E-state index in [0.29, 0.717) is 11.3 Å². The maximum absolute atomic E-state index is 11.9. The molecule has 1 amide bonds. The van der Waals surface area contributed by atoms with Crippen LogP contribution in [-0.2, 0) is 4.79 Å². The number of hydrazone groups is 1. The smallest absolute Gasteiger partial charge is 0.259 e. The second kappa shape index (κ2) is 8.01. The van der Waals surface area contributed by atoms with Gasteiger partial charge in [0.2, 0.25) is 0 Å². The van der Waals surface area contributed by atoms with Gasteiger partial charge in [0.05, 0.1) is 19.4 Å². The van der Waals surface area contributed by atoms with Crippen molar-refractivity contribution < 1.29 is 14.6 Å². The molecule has 0 fully saturated rings. The Kier molecular flexibility index (Phi) is 5.78. The van der Waals surface area contributed by atoms with Crippen LogP contribution < -0.4 is 15.5 Å². The minimum atomic E-state index is -0.280. The summed E-state index contributed by atoms with van der Waals surface area (Å²) in [4.78, 5) is 11.9. The molecule has 6 nitrogen and oxygen atoms in total. The summed E-state index contributed by atoms with van der Waals surface area (Å²) in [6.07, 6.45) is 0. The number of phenols is 1. The maximum atomic E-state index is 11.9. The van der Waals surface area contributed by atoms with Crippen LogP contribution in [0.15, 0.2) is 47.6 Å². The molecule has 0 heterocycles. The molecule has 3 N–H and O–H groups in total. The Morgan fingerprint density at radius 2 is 1.92 bits per heavy atom. The third kappa shape index (κ3) is 4.74. The van der Waals surface area contributed by atoms with E-state index in [1.165, 1.54) is 0 Å². The first-order valence-corrected chi connectivity index (χ1v) is 7.50. The third-order valence-corrected chi connectivity index (χ3v) is 3.43. The predicted octanol–water partition coefficient (Wildman–Crippen LogP) is 2.66.